The molecule has 1 aliphatic heterocycles. The molecule has 1 unspecified atom stereocenters. The fourth-order valence-electron chi connectivity index (χ4n) is 3.08. The van der Waals surface area contributed by atoms with Crippen molar-refractivity contribution < 1.29 is 0 Å². The standard InChI is InChI=1S/C16H23N3/c1-3-7-13(8-4-1)15-16(18-12-11-17-15)19-14-9-5-2-6-10-14/h1,3-4,7-8,14-15,17H,2,5-6,9-12H2,(H,18,19). The zero-order valence-electron chi connectivity index (χ0n) is 11.4. The Morgan fingerprint density at radius 2 is 1.84 bits per heavy atom. The molecule has 0 radical (unpaired) electrons. The highest BCUT2D eigenvalue weighted by Gasteiger charge is 2.23. The van der Waals surface area contributed by atoms with E-state index < -0.39 is 0 Å². The summed E-state index contributed by atoms with van der Waals surface area (Å²) in [5.41, 5.74) is 1.31. The van der Waals surface area contributed by atoms with Crippen molar-refractivity contribution in [2.24, 2.45) is 4.99 Å². The van der Waals surface area contributed by atoms with Gasteiger partial charge in [-0.25, -0.2) is 0 Å². The van der Waals surface area contributed by atoms with E-state index in [-0.39, 0.29) is 6.04 Å². The van der Waals surface area contributed by atoms with E-state index in [0.717, 1.165) is 18.9 Å². The normalized spacial score (nSPS) is 24.8. The second kappa shape index (κ2) is 6.20. The van der Waals surface area contributed by atoms with Gasteiger partial charge in [-0.05, 0) is 18.4 Å². The highest BCUT2D eigenvalue weighted by Crippen LogP contribution is 2.21. The molecule has 0 saturated heterocycles. The number of aliphatic imine (C=N–C) groups is 1. The third-order valence-electron chi connectivity index (χ3n) is 4.11. The molecule has 1 atom stereocenters. The van der Waals surface area contributed by atoms with E-state index in [9.17, 15) is 0 Å². The first-order valence-corrected chi connectivity index (χ1v) is 7.53. The van der Waals surface area contributed by atoms with E-state index in [1.54, 1.807) is 0 Å². The molecule has 1 saturated carbocycles. The van der Waals surface area contributed by atoms with Crippen LogP contribution in [0.5, 0.6) is 0 Å². The van der Waals surface area contributed by atoms with Crippen LogP contribution in [0, 0.1) is 0 Å². The average Bonchev–Trinajstić information content (AvgIpc) is 2.50. The van der Waals surface area contributed by atoms with Crippen molar-refractivity contribution in [1.82, 2.24) is 10.6 Å². The molecular weight excluding hydrogens is 234 g/mol. The molecule has 1 aliphatic carbocycles. The summed E-state index contributed by atoms with van der Waals surface area (Å²) >= 11 is 0. The van der Waals surface area contributed by atoms with Crippen molar-refractivity contribution >= 4 is 5.84 Å². The summed E-state index contributed by atoms with van der Waals surface area (Å²) < 4.78 is 0. The van der Waals surface area contributed by atoms with Crippen LogP contribution in [0.2, 0.25) is 0 Å². The summed E-state index contributed by atoms with van der Waals surface area (Å²) in [6, 6.07) is 11.5. The maximum Gasteiger partial charge on any atom is 0.118 e. The van der Waals surface area contributed by atoms with E-state index in [4.69, 9.17) is 4.99 Å². The lowest BCUT2D eigenvalue weighted by atomic mass is 9.94. The van der Waals surface area contributed by atoms with Crippen molar-refractivity contribution in [3.8, 4) is 0 Å². The zero-order valence-corrected chi connectivity index (χ0v) is 11.4. The Morgan fingerprint density at radius 1 is 1.05 bits per heavy atom. The Hall–Kier alpha value is -1.35. The first kappa shape index (κ1) is 12.7. The molecule has 2 N–H and O–H groups in total. The number of benzene rings is 1. The highest BCUT2D eigenvalue weighted by molar-refractivity contribution is 5.89. The molecule has 1 aromatic rings. The molecule has 1 fully saturated rings. The molecule has 19 heavy (non-hydrogen) atoms. The number of nitrogens with one attached hydrogen (secondary N) is 2. The predicted octanol–water partition coefficient (Wildman–Crippen LogP) is 2.65. The summed E-state index contributed by atoms with van der Waals surface area (Å²) in [5, 5.41) is 7.28. The molecule has 0 bridgehead atoms. The van der Waals surface area contributed by atoms with Crippen LogP contribution in [0.15, 0.2) is 35.3 Å². The van der Waals surface area contributed by atoms with Gasteiger partial charge in [0, 0.05) is 12.6 Å². The minimum atomic E-state index is 0.247. The highest BCUT2D eigenvalue weighted by atomic mass is 15.1. The number of amidine groups is 1. The van der Waals surface area contributed by atoms with Crippen LogP contribution in [0.1, 0.15) is 43.7 Å². The van der Waals surface area contributed by atoms with Gasteiger partial charge < -0.3 is 10.6 Å². The van der Waals surface area contributed by atoms with Gasteiger partial charge in [-0.1, -0.05) is 49.6 Å². The van der Waals surface area contributed by atoms with Crippen LogP contribution in [-0.2, 0) is 0 Å². The molecule has 3 heteroatoms. The van der Waals surface area contributed by atoms with Gasteiger partial charge in [-0.15, -0.1) is 0 Å². The van der Waals surface area contributed by atoms with Crippen molar-refractivity contribution in [2.45, 2.75) is 44.2 Å². The minimum absolute atomic E-state index is 0.247. The lowest BCUT2D eigenvalue weighted by Gasteiger charge is -2.31. The van der Waals surface area contributed by atoms with Gasteiger partial charge >= 0.3 is 0 Å². The first-order valence-electron chi connectivity index (χ1n) is 7.53. The Kier molecular flexibility index (Phi) is 4.13. The predicted molar refractivity (Wildman–Crippen MR) is 79.5 cm³/mol. The monoisotopic (exact) mass is 257 g/mol. The van der Waals surface area contributed by atoms with Gasteiger partial charge in [0.05, 0.1) is 12.6 Å². The number of rotatable bonds is 2. The van der Waals surface area contributed by atoms with Crippen LogP contribution in [0.4, 0.5) is 0 Å². The summed E-state index contributed by atoms with van der Waals surface area (Å²) in [7, 11) is 0. The Bertz CT molecular complexity index is 421. The van der Waals surface area contributed by atoms with Gasteiger partial charge in [0.2, 0.25) is 0 Å². The quantitative estimate of drug-likeness (QED) is 0.854. The summed E-state index contributed by atoms with van der Waals surface area (Å²) in [6.45, 7) is 1.85. The lowest BCUT2D eigenvalue weighted by molar-refractivity contribution is 0.406. The summed E-state index contributed by atoms with van der Waals surface area (Å²) in [4.78, 5) is 4.72. The van der Waals surface area contributed by atoms with E-state index in [0.29, 0.717) is 6.04 Å². The molecule has 102 valence electrons. The van der Waals surface area contributed by atoms with Gasteiger partial charge in [-0.3, -0.25) is 4.99 Å². The molecule has 1 aromatic carbocycles. The van der Waals surface area contributed by atoms with Crippen LogP contribution >= 0.6 is 0 Å². The van der Waals surface area contributed by atoms with E-state index in [2.05, 4.69) is 41.0 Å². The van der Waals surface area contributed by atoms with Crippen molar-refractivity contribution in [3.05, 3.63) is 35.9 Å². The molecule has 0 spiro atoms. The molecule has 3 nitrogen and oxygen atoms in total. The number of nitrogens with zero attached hydrogens (tertiary/aromatic N) is 1. The van der Waals surface area contributed by atoms with Crippen LogP contribution in [0.3, 0.4) is 0 Å². The second-order valence-electron chi connectivity index (χ2n) is 5.54. The van der Waals surface area contributed by atoms with Crippen LogP contribution in [0.25, 0.3) is 0 Å². The Labute approximate surface area is 115 Å². The van der Waals surface area contributed by atoms with Gasteiger partial charge in [0.25, 0.3) is 0 Å². The van der Waals surface area contributed by atoms with Gasteiger partial charge in [0.15, 0.2) is 0 Å². The van der Waals surface area contributed by atoms with E-state index >= 15 is 0 Å². The SMILES string of the molecule is c1ccc(C2NCCN=C2NC2CCCCC2)cc1. The number of hydrogen-bond donors (Lipinski definition) is 2. The van der Waals surface area contributed by atoms with E-state index in [1.165, 1.54) is 37.7 Å². The molecular formula is C16H23N3. The van der Waals surface area contributed by atoms with E-state index in [1.807, 2.05) is 0 Å². The fraction of sp³-hybridized carbons (Fsp3) is 0.562. The molecule has 0 amide bonds. The average molecular weight is 257 g/mol. The molecule has 2 aliphatic rings. The lowest BCUT2D eigenvalue weighted by Crippen LogP contribution is -2.46. The Balaban J connectivity index is 1.72. The second-order valence-corrected chi connectivity index (χ2v) is 5.54. The third-order valence-corrected chi connectivity index (χ3v) is 4.11. The first-order chi connectivity index (χ1) is 9.43. The molecule has 1 heterocycles. The van der Waals surface area contributed by atoms with Crippen molar-refractivity contribution in [3.63, 3.8) is 0 Å². The maximum atomic E-state index is 4.72. The molecule has 3 rings (SSSR count). The van der Waals surface area contributed by atoms with Gasteiger partial charge in [0.1, 0.15) is 5.84 Å². The maximum absolute atomic E-state index is 4.72. The van der Waals surface area contributed by atoms with Gasteiger partial charge in [-0.2, -0.15) is 0 Å². The largest absolute Gasteiger partial charge is 0.370 e. The van der Waals surface area contributed by atoms with Crippen LogP contribution in [-0.4, -0.2) is 25.0 Å². The minimum Gasteiger partial charge on any atom is -0.370 e. The Morgan fingerprint density at radius 3 is 2.63 bits per heavy atom. The zero-order chi connectivity index (χ0) is 12.9. The third kappa shape index (κ3) is 3.16. The topological polar surface area (TPSA) is 36.4 Å². The van der Waals surface area contributed by atoms with Crippen molar-refractivity contribution in [2.75, 3.05) is 13.1 Å². The van der Waals surface area contributed by atoms with Crippen LogP contribution < -0.4 is 10.6 Å². The smallest absolute Gasteiger partial charge is 0.118 e. The summed E-state index contributed by atoms with van der Waals surface area (Å²) in [5.74, 6) is 1.14. The fourth-order valence-corrected chi connectivity index (χ4v) is 3.08. The van der Waals surface area contributed by atoms with Crippen molar-refractivity contribution in [1.29, 1.82) is 0 Å². The molecule has 0 aromatic heterocycles. The number of hydrogen-bond acceptors (Lipinski definition) is 3. The summed E-state index contributed by atoms with van der Waals surface area (Å²) in [6.07, 6.45) is 6.69.